The van der Waals surface area contributed by atoms with Gasteiger partial charge in [0.2, 0.25) is 0 Å². The van der Waals surface area contributed by atoms with Crippen LogP contribution >= 0.6 is 15.9 Å². The van der Waals surface area contributed by atoms with Gasteiger partial charge in [-0.05, 0) is 17.7 Å². The molecule has 0 atom stereocenters. The van der Waals surface area contributed by atoms with Crippen molar-refractivity contribution < 1.29 is 23.4 Å². The molecule has 20 heavy (non-hydrogen) atoms. The van der Waals surface area contributed by atoms with Gasteiger partial charge in [0.15, 0.2) is 11.5 Å². The summed E-state index contributed by atoms with van der Waals surface area (Å²) >= 11 is 3.41. The van der Waals surface area contributed by atoms with Crippen LogP contribution in [0.3, 0.4) is 0 Å². The molecule has 1 aliphatic rings. The van der Waals surface area contributed by atoms with Gasteiger partial charge in [-0.2, -0.15) is 0 Å². The number of aliphatic hydroxyl groups excluding tert-OH is 1. The molecule has 0 spiro atoms. The molecule has 0 radical (unpaired) electrons. The topological polar surface area (TPSA) is 41.9 Å². The average Bonchev–Trinajstić information content (AvgIpc) is 2.39. The molecule has 1 heterocycles. The van der Waals surface area contributed by atoms with Crippen LogP contribution in [0.2, 0.25) is 0 Å². The Morgan fingerprint density at radius 1 is 1.25 bits per heavy atom. The summed E-state index contributed by atoms with van der Waals surface area (Å²) in [4.78, 5) is 1.50. The number of aliphatic hydroxyl groups is 1. The van der Waals surface area contributed by atoms with Crippen LogP contribution in [0.4, 0.5) is 8.78 Å². The molecule has 1 aliphatic heterocycles. The van der Waals surface area contributed by atoms with Crippen LogP contribution in [0.25, 0.3) is 0 Å². The van der Waals surface area contributed by atoms with Gasteiger partial charge in [0.25, 0.3) is 6.43 Å². The van der Waals surface area contributed by atoms with E-state index in [1.165, 1.54) is 4.90 Å². The van der Waals surface area contributed by atoms with Gasteiger partial charge in [-0.15, -0.1) is 0 Å². The van der Waals surface area contributed by atoms with E-state index in [0.717, 1.165) is 10.0 Å². The van der Waals surface area contributed by atoms with E-state index >= 15 is 0 Å². The molecule has 0 aliphatic carbocycles. The summed E-state index contributed by atoms with van der Waals surface area (Å²) in [5.74, 6) is 1.27. The largest absolute Gasteiger partial charge is 0.486 e. The molecule has 112 valence electrons. The Labute approximate surface area is 124 Å². The van der Waals surface area contributed by atoms with Gasteiger partial charge >= 0.3 is 0 Å². The quantitative estimate of drug-likeness (QED) is 0.853. The third kappa shape index (κ3) is 4.04. The van der Waals surface area contributed by atoms with E-state index in [-0.39, 0.29) is 19.7 Å². The molecule has 7 heteroatoms. The fourth-order valence-corrected chi connectivity index (χ4v) is 2.49. The van der Waals surface area contributed by atoms with Crippen LogP contribution in [0.5, 0.6) is 11.5 Å². The predicted octanol–water partition coefficient (Wildman–Crippen LogP) is 2.28. The Bertz CT molecular complexity index is 459. The molecule has 0 fully saturated rings. The van der Waals surface area contributed by atoms with Crippen molar-refractivity contribution >= 4 is 15.9 Å². The lowest BCUT2D eigenvalue weighted by Crippen LogP contribution is -2.31. The maximum atomic E-state index is 12.5. The highest BCUT2D eigenvalue weighted by Crippen LogP contribution is 2.36. The summed E-state index contributed by atoms with van der Waals surface area (Å²) in [5.41, 5.74) is 0.823. The zero-order valence-corrected chi connectivity index (χ0v) is 12.4. The summed E-state index contributed by atoms with van der Waals surface area (Å²) in [7, 11) is 0. The first kappa shape index (κ1) is 15.5. The second kappa shape index (κ2) is 7.19. The van der Waals surface area contributed by atoms with E-state index in [1.54, 1.807) is 12.1 Å². The van der Waals surface area contributed by atoms with Crippen molar-refractivity contribution in [2.24, 2.45) is 0 Å². The Kier molecular flexibility index (Phi) is 5.56. The number of nitrogens with zero attached hydrogens (tertiary/aromatic N) is 1. The Morgan fingerprint density at radius 2 is 1.90 bits per heavy atom. The van der Waals surface area contributed by atoms with E-state index in [4.69, 9.17) is 14.6 Å². The second-order valence-corrected chi connectivity index (χ2v) is 5.29. The molecule has 0 amide bonds. The van der Waals surface area contributed by atoms with Gasteiger partial charge in [-0.1, -0.05) is 15.9 Å². The van der Waals surface area contributed by atoms with Crippen molar-refractivity contribution in [1.29, 1.82) is 0 Å². The molecule has 1 N–H and O–H groups in total. The molecule has 0 unspecified atom stereocenters. The summed E-state index contributed by atoms with van der Waals surface area (Å²) in [6, 6.07) is 3.57. The normalized spacial score (nSPS) is 14.1. The fraction of sp³-hybridized carbons (Fsp3) is 0.538. The molecular formula is C13H16BrF2NO3. The number of hydrogen-bond acceptors (Lipinski definition) is 4. The molecule has 1 aromatic rings. The highest BCUT2D eigenvalue weighted by molar-refractivity contribution is 9.10. The molecule has 0 aromatic heterocycles. The molecule has 4 nitrogen and oxygen atoms in total. The summed E-state index contributed by atoms with van der Waals surface area (Å²) in [5, 5.41) is 8.95. The monoisotopic (exact) mass is 351 g/mol. The smallest absolute Gasteiger partial charge is 0.251 e. The van der Waals surface area contributed by atoms with E-state index in [2.05, 4.69) is 15.9 Å². The van der Waals surface area contributed by atoms with Gasteiger partial charge in [0.05, 0.1) is 13.2 Å². The standard InChI is InChI=1S/C13H16BrF2NO3/c14-10-6-12-11(19-3-4-20-12)5-9(10)7-17(1-2-18)8-13(15)16/h5-6,13,18H,1-4,7-8H2. The third-order valence-corrected chi connectivity index (χ3v) is 3.66. The first-order chi connectivity index (χ1) is 9.60. The Hall–Kier alpha value is -0.920. The molecule has 0 bridgehead atoms. The van der Waals surface area contributed by atoms with E-state index in [0.29, 0.717) is 31.3 Å². The van der Waals surface area contributed by atoms with Crippen LogP contribution in [0.15, 0.2) is 16.6 Å². The number of halogens is 3. The van der Waals surface area contributed by atoms with Crippen molar-refractivity contribution in [3.05, 3.63) is 22.2 Å². The number of benzene rings is 1. The van der Waals surface area contributed by atoms with Crippen molar-refractivity contribution in [1.82, 2.24) is 4.90 Å². The number of fused-ring (bicyclic) bond motifs is 1. The molecule has 1 aromatic carbocycles. The zero-order chi connectivity index (χ0) is 14.5. The minimum atomic E-state index is -2.43. The van der Waals surface area contributed by atoms with E-state index in [9.17, 15) is 8.78 Å². The van der Waals surface area contributed by atoms with Crippen LogP contribution in [-0.4, -0.2) is 49.3 Å². The molecule has 0 saturated carbocycles. The van der Waals surface area contributed by atoms with Crippen molar-refractivity contribution in [3.63, 3.8) is 0 Å². The lowest BCUT2D eigenvalue weighted by molar-refractivity contribution is 0.0744. The van der Waals surface area contributed by atoms with Gasteiger partial charge in [-0.3, -0.25) is 4.90 Å². The summed E-state index contributed by atoms with van der Waals surface area (Å²) in [6.07, 6.45) is -2.43. The minimum absolute atomic E-state index is 0.158. The third-order valence-electron chi connectivity index (χ3n) is 2.92. The van der Waals surface area contributed by atoms with Crippen molar-refractivity contribution in [2.75, 3.05) is 32.9 Å². The Balaban J connectivity index is 2.14. The summed E-state index contributed by atoms with van der Waals surface area (Å²) < 4.78 is 36.7. The first-order valence-electron chi connectivity index (χ1n) is 6.29. The first-order valence-corrected chi connectivity index (χ1v) is 7.09. The average molecular weight is 352 g/mol. The highest BCUT2D eigenvalue weighted by atomic mass is 79.9. The zero-order valence-electron chi connectivity index (χ0n) is 10.8. The summed E-state index contributed by atoms with van der Waals surface area (Å²) in [6.45, 7) is 0.954. The maximum absolute atomic E-state index is 12.5. The van der Waals surface area contributed by atoms with Crippen LogP contribution in [0.1, 0.15) is 5.56 Å². The van der Waals surface area contributed by atoms with Gasteiger partial charge < -0.3 is 14.6 Å². The lowest BCUT2D eigenvalue weighted by atomic mass is 10.1. The molecule has 2 rings (SSSR count). The van der Waals surface area contributed by atoms with Crippen molar-refractivity contribution in [2.45, 2.75) is 13.0 Å². The minimum Gasteiger partial charge on any atom is -0.486 e. The Morgan fingerprint density at radius 3 is 2.50 bits per heavy atom. The predicted molar refractivity (Wildman–Crippen MR) is 73.5 cm³/mol. The highest BCUT2D eigenvalue weighted by Gasteiger charge is 2.18. The number of hydrogen-bond donors (Lipinski definition) is 1. The van der Waals surface area contributed by atoms with Crippen LogP contribution in [0, 0.1) is 0 Å². The SMILES string of the molecule is OCCN(Cc1cc2c(cc1Br)OCCO2)CC(F)F. The van der Waals surface area contributed by atoms with Gasteiger partial charge in [0, 0.05) is 17.6 Å². The molecule has 0 saturated heterocycles. The van der Waals surface area contributed by atoms with E-state index in [1.807, 2.05) is 0 Å². The number of rotatable bonds is 6. The lowest BCUT2D eigenvalue weighted by Gasteiger charge is -2.24. The second-order valence-electron chi connectivity index (χ2n) is 4.44. The van der Waals surface area contributed by atoms with Crippen LogP contribution in [-0.2, 0) is 6.54 Å². The van der Waals surface area contributed by atoms with Gasteiger partial charge in [0.1, 0.15) is 13.2 Å². The maximum Gasteiger partial charge on any atom is 0.251 e. The van der Waals surface area contributed by atoms with E-state index < -0.39 is 6.43 Å². The van der Waals surface area contributed by atoms with Crippen LogP contribution < -0.4 is 9.47 Å². The van der Waals surface area contributed by atoms with Gasteiger partial charge in [-0.25, -0.2) is 8.78 Å². The molecular weight excluding hydrogens is 336 g/mol. The fourth-order valence-electron chi connectivity index (χ4n) is 2.04. The van der Waals surface area contributed by atoms with Crippen molar-refractivity contribution in [3.8, 4) is 11.5 Å². The number of alkyl halides is 2. The number of ether oxygens (including phenoxy) is 2.